The van der Waals surface area contributed by atoms with Crippen LogP contribution in [0, 0.1) is 0 Å². The van der Waals surface area contributed by atoms with E-state index in [1.165, 1.54) is 0 Å². The summed E-state index contributed by atoms with van der Waals surface area (Å²) in [6.07, 6.45) is 1.99. The van der Waals surface area contributed by atoms with Crippen molar-refractivity contribution in [3.05, 3.63) is 70.8 Å². The number of amides is 3. The van der Waals surface area contributed by atoms with Crippen LogP contribution in [0.25, 0.3) is 0 Å². The van der Waals surface area contributed by atoms with E-state index >= 15 is 0 Å². The third-order valence-electron chi connectivity index (χ3n) is 5.55. The Morgan fingerprint density at radius 1 is 1.03 bits per heavy atom. The third kappa shape index (κ3) is 4.09. The van der Waals surface area contributed by atoms with Crippen LogP contribution in [0.15, 0.2) is 48.5 Å². The predicted molar refractivity (Wildman–Crippen MR) is 113 cm³/mol. The normalized spacial score (nSPS) is 19.0. The number of imide groups is 1. The van der Waals surface area contributed by atoms with Crippen molar-refractivity contribution in [1.29, 1.82) is 0 Å². The summed E-state index contributed by atoms with van der Waals surface area (Å²) in [5, 5.41) is 2.76. The van der Waals surface area contributed by atoms with E-state index in [0.717, 1.165) is 28.9 Å². The van der Waals surface area contributed by atoms with Crippen LogP contribution < -0.4 is 5.32 Å². The number of urea groups is 1. The second-order valence-electron chi connectivity index (χ2n) is 8.09. The summed E-state index contributed by atoms with van der Waals surface area (Å²) in [5.41, 5.74) is 2.36. The molecule has 1 aliphatic heterocycles. The highest BCUT2D eigenvalue weighted by Crippen LogP contribution is 2.30. The fourth-order valence-electron chi connectivity index (χ4n) is 3.62. The number of benzene rings is 2. The first-order valence-electron chi connectivity index (χ1n) is 10.1. The molecule has 0 aliphatic carbocycles. The van der Waals surface area contributed by atoms with Gasteiger partial charge in [0, 0.05) is 5.56 Å². The first-order chi connectivity index (χ1) is 13.8. The Bertz CT molecular complexity index is 916. The summed E-state index contributed by atoms with van der Waals surface area (Å²) >= 11 is 0. The van der Waals surface area contributed by atoms with Crippen LogP contribution in [0.1, 0.15) is 67.1 Å². The molecule has 0 unspecified atom stereocenters. The Morgan fingerprint density at radius 2 is 1.66 bits per heavy atom. The predicted octanol–water partition coefficient (Wildman–Crippen LogP) is 4.41. The molecule has 1 aliphatic rings. The van der Waals surface area contributed by atoms with Gasteiger partial charge in [-0.05, 0) is 36.0 Å². The average molecular weight is 392 g/mol. The van der Waals surface area contributed by atoms with Crippen LogP contribution in [-0.2, 0) is 16.8 Å². The lowest BCUT2D eigenvalue weighted by atomic mass is 9.90. The van der Waals surface area contributed by atoms with E-state index in [1.807, 2.05) is 36.4 Å². The Balaban J connectivity index is 1.76. The van der Waals surface area contributed by atoms with Gasteiger partial charge in [-0.2, -0.15) is 0 Å². The molecule has 1 saturated heterocycles. The summed E-state index contributed by atoms with van der Waals surface area (Å²) in [5.74, 6) is -0.282. The Labute approximate surface area is 172 Å². The van der Waals surface area contributed by atoms with Crippen molar-refractivity contribution < 1.29 is 14.4 Å². The minimum atomic E-state index is -1.17. The molecule has 3 rings (SSSR count). The molecular formula is C24H28N2O3. The van der Waals surface area contributed by atoms with E-state index in [4.69, 9.17) is 0 Å². The maximum absolute atomic E-state index is 13.1. The van der Waals surface area contributed by atoms with E-state index in [2.05, 4.69) is 26.1 Å². The molecule has 5 heteroatoms. The van der Waals surface area contributed by atoms with Gasteiger partial charge in [-0.3, -0.25) is 14.5 Å². The molecule has 0 bridgehead atoms. The minimum absolute atomic E-state index is 0.254. The molecule has 0 saturated carbocycles. The van der Waals surface area contributed by atoms with Crippen molar-refractivity contribution in [1.82, 2.24) is 10.2 Å². The number of aryl methyl sites for hydroxylation is 1. The van der Waals surface area contributed by atoms with E-state index in [1.54, 1.807) is 19.1 Å². The van der Waals surface area contributed by atoms with Gasteiger partial charge in [0.2, 0.25) is 0 Å². The van der Waals surface area contributed by atoms with Gasteiger partial charge in [-0.15, -0.1) is 0 Å². The molecule has 5 nitrogen and oxygen atoms in total. The monoisotopic (exact) mass is 392 g/mol. The molecule has 1 fully saturated rings. The van der Waals surface area contributed by atoms with Crippen molar-refractivity contribution in [2.45, 2.75) is 52.0 Å². The highest BCUT2D eigenvalue weighted by atomic mass is 16.2. The molecule has 152 valence electrons. The zero-order valence-corrected chi connectivity index (χ0v) is 17.5. The first kappa shape index (κ1) is 20.8. The van der Waals surface area contributed by atoms with Crippen LogP contribution in [0.5, 0.6) is 0 Å². The number of nitrogens with one attached hydrogen (secondary N) is 1. The van der Waals surface area contributed by atoms with Crippen LogP contribution in [-0.4, -0.2) is 29.2 Å². The number of nitrogens with zero attached hydrogens (tertiary/aromatic N) is 1. The van der Waals surface area contributed by atoms with Gasteiger partial charge in [0.15, 0.2) is 5.78 Å². The fraction of sp³-hybridized carbons (Fsp3) is 0.375. The average Bonchev–Trinajstić information content (AvgIpc) is 2.93. The van der Waals surface area contributed by atoms with Crippen molar-refractivity contribution >= 4 is 17.7 Å². The molecule has 2 aromatic rings. The molecule has 0 radical (unpaired) electrons. The van der Waals surface area contributed by atoms with Crippen LogP contribution >= 0.6 is 0 Å². The smallest absolute Gasteiger partial charge is 0.319 e. The zero-order valence-electron chi connectivity index (χ0n) is 17.5. The number of carbonyl (C=O) groups is 3. The van der Waals surface area contributed by atoms with E-state index in [9.17, 15) is 14.4 Å². The molecule has 2 aromatic carbocycles. The van der Waals surface area contributed by atoms with Crippen molar-refractivity contribution in [3.63, 3.8) is 0 Å². The minimum Gasteiger partial charge on any atom is -0.319 e. The largest absolute Gasteiger partial charge is 0.325 e. The number of rotatable bonds is 7. The summed E-state index contributed by atoms with van der Waals surface area (Å²) < 4.78 is 0. The second-order valence-corrected chi connectivity index (χ2v) is 8.09. The highest BCUT2D eigenvalue weighted by molar-refractivity contribution is 6.11. The van der Waals surface area contributed by atoms with Gasteiger partial charge in [-0.1, -0.05) is 75.7 Å². The standard InChI is InChI=1S/C24H28N2O3/c1-5-6-17-7-9-19(10-8-17)21(27)15-26-22(28)24(4,25-23(26)29)20-13-11-18(12-14-20)16(2)3/h7-14,16H,5-6,15H2,1-4H3,(H,25,29)/t24-/m0/s1. The third-order valence-corrected chi connectivity index (χ3v) is 5.55. The number of Topliss-reactive ketones (excluding diaryl/α,β-unsaturated/α-hetero) is 1. The lowest BCUT2D eigenvalue weighted by molar-refractivity contribution is -0.130. The maximum Gasteiger partial charge on any atom is 0.325 e. The van der Waals surface area contributed by atoms with Crippen molar-refractivity contribution in [2.24, 2.45) is 0 Å². The molecule has 1 heterocycles. The quantitative estimate of drug-likeness (QED) is 0.560. The molecule has 3 amide bonds. The first-order valence-corrected chi connectivity index (χ1v) is 10.1. The molecule has 1 atom stereocenters. The molecule has 0 aromatic heterocycles. The highest BCUT2D eigenvalue weighted by Gasteiger charge is 2.49. The Morgan fingerprint density at radius 3 is 2.21 bits per heavy atom. The summed E-state index contributed by atoms with van der Waals surface area (Å²) in [6.45, 7) is 7.71. The van der Waals surface area contributed by atoms with E-state index in [0.29, 0.717) is 17.0 Å². The van der Waals surface area contributed by atoms with Gasteiger partial charge in [0.25, 0.3) is 5.91 Å². The zero-order chi connectivity index (χ0) is 21.2. The lowest BCUT2D eigenvalue weighted by Crippen LogP contribution is -2.41. The van der Waals surface area contributed by atoms with E-state index in [-0.39, 0.29) is 12.3 Å². The van der Waals surface area contributed by atoms with Gasteiger partial charge in [0.1, 0.15) is 5.54 Å². The molecular weight excluding hydrogens is 364 g/mol. The molecule has 0 spiro atoms. The van der Waals surface area contributed by atoms with Gasteiger partial charge >= 0.3 is 6.03 Å². The number of hydrogen-bond donors (Lipinski definition) is 1. The van der Waals surface area contributed by atoms with Gasteiger partial charge in [-0.25, -0.2) is 4.79 Å². The molecule has 29 heavy (non-hydrogen) atoms. The van der Waals surface area contributed by atoms with Crippen LogP contribution in [0.3, 0.4) is 0 Å². The maximum atomic E-state index is 13.1. The lowest BCUT2D eigenvalue weighted by Gasteiger charge is -2.22. The summed E-state index contributed by atoms with van der Waals surface area (Å²) in [4.78, 5) is 39.2. The Kier molecular flexibility index (Phi) is 5.87. The van der Waals surface area contributed by atoms with Crippen LogP contribution in [0.2, 0.25) is 0 Å². The summed E-state index contributed by atoms with van der Waals surface area (Å²) in [7, 11) is 0. The SMILES string of the molecule is CCCc1ccc(C(=O)CN2C(=O)N[C@@](C)(c3ccc(C(C)C)cc3)C2=O)cc1. The van der Waals surface area contributed by atoms with Gasteiger partial charge < -0.3 is 5.32 Å². The van der Waals surface area contributed by atoms with Crippen molar-refractivity contribution in [2.75, 3.05) is 6.54 Å². The summed E-state index contributed by atoms with van der Waals surface area (Å²) in [6, 6.07) is 14.5. The van der Waals surface area contributed by atoms with Crippen LogP contribution in [0.4, 0.5) is 4.79 Å². The topological polar surface area (TPSA) is 66.5 Å². The fourth-order valence-corrected chi connectivity index (χ4v) is 3.62. The number of ketones is 1. The van der Waals surface area contributed by atoms with E-state index < -0.39 is 17.5 Å². The van der Waals surface area contributed by atoms with Gasteiger partial charge in [0.05, 0.1) is 6.54 Å². The second kappa shape index (κ2) is 8.19. The Hall–Kier alpha value is -2.95. The molecule has 1 N–H and O–H groups in total. The number of hydrogen-bond acceptors (Lipinski definition) is 3. The van der Waals surface area contributed by atoms with Crippen molar-refractivity contribution in [3.8, 4) is 0 Å². The number of carbonyl (C=O) groups excluding carboxylic acids is 3.